The fourth-order valence-corrected chi connectivity index (χ4v) is 7.15. The van der Waals surface area contributed by atoms with Gasteiger partial charge in [0.05, 0.1) is 0 Å². The first-order valence-corrected chi connectivity index (χ1v) is 24.7. The molecule has 0 bridgehead atoms. The zero-order chi connectivity index (χ0) is 41.8. The van der Waals surface area contributed by atoms with Crippen LogP contribution in [0.2, 0.25) is 0 Å². The first-order valence-electron chi connectivity index (χ1n) is 21.4. The smallest absolute Gasteiger partial charge is 0.558 e. The number of benzene rings is 3. The second kappa shape index (κ2) is 38.9. The molecule has 1 radical (unpaired) electrons. The molecule has 3 rings (SSSR count). The summed E-state index contributed by atoms with van der Waals surface area (Å²) in [6.07, 6.45) is 30.6. The van der Waals surface area contributed by atoms with Crippen LogP contribution in [0, 0.1) is 0 Å². The molecule has 0 N–H and O–H groups in total. The molecule has 0 aliphatic heterocycles. The van der Waals surface area contributed by atoms with E-state index in [4.69, 9.17) is 0 Å². The molecule has 0 saturated carbocycles. The second-order valence-corrected chi connectivity index (χ2v) is 16.4. The third-order valence-corrected chi connectivity index (χ3v) is 10.6. The molecular formula is C45H69FeO9P3+3. The Labute approximate surface area is 363 Å². The van der Waals surface area contributed by atoms with Crippen molar-refractivity contribution in [3.05, 3.63) is 89.5 Å². The van der Waals surface area contributed by atoms with E-state index >= 15 is 0 Å². The molecule has 0 amide bonds. The van der Waals surface area contributed by atoms with Crippen LogP contribution in [-0.4, -0.2) is 0 Å². The molecule has 3 aromatic rings. The van der Waals surface area contributed by atoms with Crippen molar-refractivity contribution in [1.29, 1.82) is 0 Å². The van der Waals surface area contributed by atoms with Crippen LogP contribution in [0.15, 0.2) is 72.8 Å². The molecule has 0 heterocycles. The number of unbranched alkanes of at least 4 members (excludes halogenated alkanes) is 18. The molecule has 0 spiro atoms. The van der Waals surface area contributed by atoms with Gasteiger partial charge in [-0.05, 0) is 105 Å². The predicted octanol–water partition coefficient (Wildman–Crippen LogP) is 13.1. The molecule has 0 saturated heterocycles. The Balaban J connectivity index is 0.000000833. The molecule has 0 aliphatic carbocycles. The zero-order valence-electron chi connectivity index (χ0n) is 35.3. The fourth-order valence-electron chi connectivity index (χ4n) is 6.27. The molecular weight excluding hydrogens is 833 g/mol. The van der Waals surface area contributed by atoms with Crippen molar-refractivity contribution in [2.24, 2.45) is 0 Å². The van der Waals surface area contributed by atoms with Gasteiger partial charge in [0, 0.05) is 0 Å². The molecule has 9 nitrogen and oxygen atoms in total. The van der Waals surface area contributed by atoms with Crippen molar-refractivity contribution in [3.63, 3.8) is 0 Å². The summed E-state index contributed by atoms with van der Waals surface area (Å²) in [5, 5.41) is 0. The summed E-state index contributed by atoms with van der Waals surface area (Å²) in [7, 11) is -8.42. The van der Waals surface area contributed by atoms with Gasteiger partial charge in [-0.15, -0.1) is 0 Å². The molecule has 0 aliphatic rings. The summed E-state index contributed by atoms with van der Waals surface area (Å²) in [6.45, 7) is 6.70. The molecule has 0 fully saturated rings. The van der Waals surface area contributed by atoms with Crippen molar-refractivity contribution in [1.82, 2.24) is 0 Å². The molecule has 0 aromatic heterocycles. The Morgan fingerprint density at radius 3 is 0.724 bits per heavy atom. The van der Waals surface area contributed by atoms with E-state index in [1.54, 1.807) is 36.4 Å². The maximum atomic E-state index is 10.4. The Morgan fingerprint density at radius 2 is 0.534 bits per heavy atom. The van der Waals surface area contributed by atoms with Crippen LogP contribution in [0.4, 0.5) is 0 Å². The van der Waals surface area contributed by atoms with Gasteiger partial charge >= 0.3 is 41.8 Å². The van der Waals surface area contributed by atoms with E-state index in [9.17, 15) is 28.4 Å². The molecule has 58 heavy (non-hydrogen) atoms. The zero-order valence-corrected chi connectivity index (χ0v) is 39.1. The van der Waals surface area contributed by atoms with Gasteiger partial charge in [-0.2, -0.15) is 0 Å². The summed E-state index contributed by atoms with van der Waals surface area (Å²) in [5.74, 6) is 1.17. The van der Waals surface area contributed by atoms with Crippen LogP contribution in [0.25, 0.3) is 0 Å². The fraction of sp³-hybridized carbons (Fsp3) is 0.600. The topological polar surface area (TPSA) is 148 Å². The minimum atomic E-state index is -2.81. The van der Waals surface area contributed by atoms with Crippen LogP contribution < -0.4 is 28.3 Å². The summed E-state index contributed by atoms with van der Waals surface area (Å²) < 4.78 is 45.0. The van der Waals surface area contributed by atoms with Crippen LogP contribution >= 0.6 is 24.8 Å². The number of hydrogen-bond donors (Lipinski definition) is 0. The monoisotopic (exact) mass is 902 g/mol. The SMILES string of the molecule is CCCCCCCCCc1ccc(O[P+](=O)[O-])cc1.CCCCCCCCCc1ccc(O[P+](=O)[O-])cc1.CCCCCCCCCc1ccc(O[P+](=O)[O-])cc1.[Fe+3]. The van der Waals surface area contributed by atoms with Crippen molar-refractivity contribution in [2.45, 2.75) is 175 Å². The van der Waals surface area contributed by atoms with Crippen molar-refractivity contribution in [3.8, 4) is 17.2 Å². The summed E-state index contributed by atoms with van der Waals surface area (Å²) in [4.78, 5) is 31.2. The maximum Gasteiger partial charge on any atom is 3.00 e. The van der Waals surface area contributed by atoms with Gasteiger partial charge in [0.2, 0.25) is 0 Å². The normalized spacial score (nSPS) is 11.2. The molecule has 323 valence electrons. The van der Waals surface area contributed by atoms with E-state index in [-0.39, 0.29) is 17.1 Å². The molecule has 3 aromatic carbocycles. The summed E-state index contributed by atoms with van der Waals surface area (Å²) in [6, 6.07) is 21.9. The standard InChI is InChI=1S/3C15H23O3P.Fe/c3*1-2-3-4-5-6-7-8-9-14-10-12-15(13-11-14)18-19(16)17;/h3*10-13H,2-9H2,1H3;/q;;;+3. The van der Waals surface area contributed by atoms with Crippen LogP contribution in [0.3, 0.4) is 0 Å². The average molecular weight is 903 g/mol. The van der Waals surface area contributed by atoms with E-state index in [1.807, 2.05) is 36.4 Å². The third-order valence-electron chi connectivity index (χ3n) is 9.52. The second-order valence-electron chi connectivity index (χ2n) is 14.5. The van der Waals surface area contributed by atoms with Crippen molar-refractivity contribution < 1.29 is 59.0 Å². The van der Waals surface area contributed by atoms with Gasteiger partial charge in [-0.25, -0.2) is 0 Å². The number of rotatable bonds is 30. The Morgan fingerprint density at radius 1 is 0.345 bits per heavy atom. The number of aryl methyl sites for hydroxylation is 3. The van der Waals surface area contributed by atoms with E-state index in [1.165, 1.54) is 152 Å². The number of hydrogen-bond acceptors (Lipinski definition) is 9. The van der Waals surface area contributed by atoms with Gasteiger partial charge in [0.15, 0.2) is 17.2 Å². The van der Waals surface area contributed by atoms with E-state index < -0.39 is 24.8 Å². The van der Waals surface area contributed by atoms with Crippen molar-refractivity contribution in [2.75, 3.05) is 0 Å². The maximum absolute atomic E-state index is 10.4. The first kappa shape index (κ1) is 55.8. The minimum Gasteiger partial charge on any atom is -0.558 e. The largest absolute Gasteiger partial charge is 3.00 e. The Bertz CT molecular complexity index is 1270. The Kier molecular flexibility index (Phi) is 37.4. The van der Waals surface area contributed by atoms with E-state index in [0.29, 0.717) is 17.2 Å². The molecule has 3 atom stereocenters. The van der Waals surface area contributed by atoms with Gasteiger partial charge in [-0.3, -0.25) is 13.6 Å². The van der Waals surface area contributed by atoms with Crippen molar-refractivity contribution >= 4 is 24.8 Å². The molecule has 13 heteroatoms. The molecule has 3 unspecified atom stereocenters. The first-order chi connectivity index (χ1) is 27.7. The Hall–Kier alpha value is -2.24. The van der Waals surface area contributed by atoms with Gasteiger partial charge in [-0.1, -0.05) is 173 Å². The third kappa shape index (κ3) is 33.6. The van der Waals surface area contributed by atoms with Gasteiger partial charge in [0.1, 0.15) is 0 Å². The summed E-state index contributed by atoms with van der Waals surface area (Å²) in [5.41, 5.74) is 3.71. The predicted molar refractivity (Wildman–Crippen MR) is 229 cm³/mol. The van der Waals surface area contributed by atoms with Gasteiger partial charge < -0.3 is 14.7 Å². The van der Waals surface area contributed by atoms with Crippen LogP contribution in [0.1, 0.15) is 172 Å². The quantitative estimate of drug-likeness (QED) is 0.0362. The minimum absolute atomic E-state index is 0. The van der Waals surface area contributed by atoms with Crippen LogP contribution in [-0.2, 0) is 50.0 Å². The van der Waals surface area contributed by atoms with Gasteiger partial charge in [0.25, 0.3) is 0 Å². The average Bonchev–Trinajstić information content (AvgIpc) is 3.19. The van der Waals surface area contributed by atoms with E-state index in [2.05, 4.69) is 34.3 Å². The van der Waals surface area contributed by atoms with E-state index in [0.717, 1.165) is 19.3 Å². The van der Waals surface area contributed by atoms with Crippen LogP contribution in [0.5, 0.6) is 17.2 Å². The summed E-state index contributed by atoms with van der Waals surface area (Å²) >= 11 is 0.